The number of imidazole rings is 1. The van der Waals surface area contributed by atoms with Gasteiger partial charge in [0.05, 0.1) is 158 Å². The molecule has 0 bridgehead atoms. The number of nitrogens with two attached hydrogens (primary N) is 1. The van der Waals surface area contributed by atoms with Crippen LogP contribution in [0.3, 0.4) is 0 Å². The highest BCUT2D eigenvalue weighted by atomic mass is 16.6. The van der Waals surface area contributed by atoms with Crippen molar-refractivity contribution in [1.29, 1.82) is 0 Å². The maximum atomic E-state index is 12.4. The number of anilines is 1. The Bertz CT molecular complexity index is 1680. The molecule has 23 nitrogen and oxygen atoms in total. The summed E-state index contributed by atoms with van der Waals surface area (Å²) >= 11 is 0. The van der Waals surface area contributed by atoms with Crippen LogP contribution in [0, 0.1) is 11.8 Å². The Morgan fingerprint density at radius 2 is 1.14 bits per heavy atom. The number of nitrogens with zero attached hydrogens (tertiary/aromatic N) is 7. The number of carbonyl (C=O) groups excluding carboxylic acids is 1. The van der Waals surface area contributed by atoms with Gasteiger partial charge in [-0.1, -0.05) is 18.5 Å². The van der Waals surface area contributed by atoms with Crippen LogP contribution < -0.4 is 15.8 Å². The Hall–Kier alpha value is -3.97. The zero-order chi connectivity index (χ0) is 50.0. The van der Waals surface area contributed by atoms with Gasteiger partial charge in [0.15, 0.2) is 5.82 Å². The predicted molar refractivity (Wildman–Crippen MR) is 261 cm³/mol. The van der Waals surface area contributed by atoms with Crippen LogP contribution in [-0.2, 0) is 74.6 Å². The van der Waals surface area contributed by atoms with Crippen molar-refractivity contribution in [3.05, 3.63) is 28.6 Å². The van der Waals surface area contributed by atoms with E-state index in [0.29, 0.717) is 194 Å². The average Bonchev–Trinajstić information content (AvgIpc) is 3.73. The summed E-state index contributed by atoms with van der Waals surface area (Å²) in [4.78, 5) is 20.0. The van der Waals surface area contributed by atoms with Gasteiger partial charge in [-0.3, -0.25) is 4.79 Å². The van der Waals surface area contributed by atoms with Crippen molar-refractivity contribution in [3.63, 3.8) is 0 Å². The van der Waals surface area contributed by atoms with Crippen LogP contribution in [0.5, 0.6) is 5.88 Å². The lowest BCUT2D eigenvalue weighted by Gasteiger charge is -2.29. The first kappa shape index (κ1) is 60.3. The van der Waals surface area contributed by atoms with E-state index in [2.05, 4.69) is 37.0 Å². The van der Waals surface area contributed by atoms with Gasteiger partial charge >= 0.3 is 0 Å². The number of hydrogen-bond donors (Lipinski definition) is 2. The molecule has 2 aromatic rings. The van der Waals surface area contributed by atoms with Gasteiger partial charge in [0.1, 0.15) is 23.5 Å². The lowest BCUT2D eigenvalue weighted by Crippen LogP contribution is -2.31. The van der Waals surface area contributed by atoms with Crippen LogP contribution in [0.15, 0.2) is 17.5 Å². The second-order valence-electron chi connectivity index (χ2n) is 16.5. The van der Waals surface area contributed by atoms with Gasteiger partial charge in [-0.05, 0) is 63.3 Å². The van der Waals surface area contributed by atoms with E-state index in [1.54, 1.807) is 0 Å². The Morgan fingerprint density at radius 3 is 1.59 bits per heavy atom. The molecule has 1 saturated carbocycles. The molecule has 0 aliphatic heterocycles. The highest BCUT2D eigenvalue weighted by Crippen LogP contribution is 2.34. The molecule has 23 heteroatoms. The molecular formula is C47H83N9O14. The van der Waals surface area contributed by atoms with Gasteiger partial charge in [-0.25, -0.2) is 4.98 Å². The highest BCUT2D eigenvalue weighted by Gasteiger charge is 2.26. The van der Waals surface area contributed by atoms with Gasteiger partial charge in [0.25, 0.3) is 5.88 Å². The number of unbranched alkanes of at least 4 members (excludes halogenated alkanes) is 1. The third-order valence-electron chi connectivity index (χ3n) is 10.6. The molecule has 1 aliphatic carbocycles. The standard InChI is InChI=1S/C47H83N9O14/c1-4-5-6-42-52-44-45(47(70-39(2)3)54-53-46(44)48)56(42)38-41-9-7-40(8-10-41)37-50-43(57)11-13-58-15-17-60-19-21-62-23-25-64-27-29-66-31-33-68-35-36-69-34-32-67-30-28-65-26-24-63-22-20-61-18-16-59-14-12-51-55-49/h11,13,39-41H,4-10,12,14-38H2,1-3H3,(H2,48,53)(H,50,57)/t40-,41-. The minimum absolute atomic E-state index is 0.0480. The largest absolute Gasteiger partial charge is 0.499 e. The first-order valence-corrected chi connectivity index (χ1v) is 25.0. The van der Waals surface area contributed by atoms with Gasteiger partial charge in [0, 0.05) is 37.0 Å². The third-order valence-corrected chi connectivity index (χ3v) is 10.6. The molecule has 400 valence electrons. The van der Waals surface area contributed by atoms with Crippen molar-refractivity contribution in [2.75, 3.05) is 171 Å². The molecule has 0 aromatic carbocycles. The van der Waals surface area contributed by atoms with Gasteiger partial charge in [0.2, 0.25) is 5.91 Å². The average molecular weight is 998 g/mol. The van der Waals surface area contributed by atoms with E-state index in [4.69, 9.17) is 77.8 Å². The van der Waals surface area contributed by atoms with Gasteiger partial charge < -0.3 is 77.2 Å². The number of fused-ring (bicyclic) bond motifs is 1. The fraction of sp³-hybridized carbons (Fsp3) is 0.830. The van der Waals surface area contributed by atoms with E-state index in [9.17, 15) is 4.79 Å². The van der Waals surface area contributed by atoms with Crippen LogP contribution in [0.1, 0.15) is 65.1 Å². The first-order valence-electron chi connectivity index (χ1n) is 25.0. The fourth-order valence-electron chi connectivity index (χ4n) is 7.03. The number of amides is 1. The number of rotatable bonds is 47. The molecule has 2 aromatic heterocycles. The Labute approximate surface area is 413 Å². The quantitative estimate of drug-likeness (QED) is 0.0231. The number of nitrogens with one attached hydrogen (secondary N) is 1. The van der Waals surface area contributed by atoms with Crippen LogP contribution in [0.4, 0.5) is 5.82 Å². The summed E-state index contributed by atoms with van der Waals surface area (Å²) in [7, 11) is 0. The molecule has 0 saturated heterocycles. The van der Waals surface area contributed by atoms with E-state index in [-0.39, 0.29) is 12.0 Å². The van der Waals surface area contributed by atoms with E-state index >= 15 is 0 Å². The SMILES string of the molecule is CCCCc1nc2c(N)nnc(OC(C)C)c2n1C[C@H]1CC[C@H](CNC(=O)C=COCCOCCOCCOCCOCCOCCOCCOCCOCCOCCOCCOCCN=[N+]=[N-])CC1. The third kappa shape index (κ3) is 29.4. The topological polar surface area (TPSA) is 267 Å². The smallest absolute Gasteiger partial charge is 0.260 e. The van der Waals surface area contributed by atoms with E-state index in [0.717, 1.165) is 62.8 Å². The van der Waals surface area contributed by atoms with E-state index in [1.165, 1.54) is 12.3 Å². The lowest BCUT2D eigenvalue weighted by atomic mass is 9.82. The minimum Gasteiger partial charge on any atom is -0.499 e. The van der Waals surface area contributed by atoms with Gasteiger partial charge in [-0.15, -0.1) is 10.2 Å². The van der Waals surface area contributed by atoms with Gasteiger partial charge in [-0.2, -0.15) is 0 Å². The molecule has 1 amide bonds. The zero-order valence-corrected chi connectivity index (χ0v) is 42.1. The molecule has 0 atom stereocenters. The molecule has 0 spiro atoms. The molecule has 70 heavy (non-hydrogen) atoms. The molecular weight excluding hydrogens is 915 g/mol. The van der Waals surface area contributed by atoms with E-state index in [1.807, 2.05) is 13.8 Å². The second-order valence-corrected chi connectivity index (χ2v) is 16.5. The summed E-state index contributed by atoms with van der Waals surface area (Å²) in [6, 6.07) is 0. The minimum atomic E-state index is -0.170. The fourth-order valence-corrected chi connectivity index (χ4v) is 7.03. The van der Waals surface area contributed by atoms with Crippen LogP contribution in [-0.4, -0.2) is 197 Å². The molecule has 3 rings (SSSR count). The lowest BCUT2D eigenvalue weighted by molar-refractivity contribution is -0.116. The van der Waals surface area contributed by atoms with Crippen LogP contribution in [0.25, 0.3) is 21.5 Å². The predicted octanol–water partition coefficient (Wildman–Crippen LogP) is 4.48. The molecule has 3 N–H and O–H groups in total. The van der Waals surface area contributed by atoms with Crippen molar-refractivity contribution in [2.45, 2.75) is 78.4 Å². The van der Waals surface area contributed by atoms with E-state index < -0.39 is 0 Å². The summed E-state index contributed by atoms with van der Waals surface area (Å²) < 4.78 is 73.9. The summed E-state index contributed by atoms with van der Waals surface area (Å²) in [6.07, 6.45) is 9.95. The molecule has 2 heterocycles. The second kappa shape index (κ2) is 41.6. The number of hydrogen-bond acceptors (Lipinski definition) is 19. The van der Waals surface area contributed by atoms with Crippen molar-refractivity contribution >= 4 is 22.8 Å². The van der Waals surface area contributed by atoms with Crippen molar-refractivity contribution in [3.8, 4) is 5.88 Å². The normalized spacial score (nSPS) is 15.0. The van der Waals surface area contributed by atoms with Crippen LogP contribution >= 0.6 is 0 Å². The number of aryl methyl sites for hydroxylation is 1. The summed E-state index contributed by atoms with van der Waals surface area (Å²) in [5.41, 5.74) is 15.9. The molecule has 0 radical (unpaired) electrons. The maximum Gasteiger partial charge on any atom is 0.260 e. The zero-order valence-electron chi connectivity index (χ0n) is 42.1. The van der Waals surface area contributed by atoms with Crippen molar-refractivity contribution in [2.24, 2.45) is 17.0 Å². The Morgan fingerprint density at radius 1 is 0.700 bits per heavy atom. The van der Waals surface area contributed by atoms with Crippen molar-refractivity contribution < 1.29 is 66.4 Å². The molecule has 1 fully saturated rings. The molecule has 0 unspecified atom stereocenters. The number of nitrogen functional groups attached to an aromatic ring is 1. The number of carbonyl (C=O) groups is 1. The summed E-state index contributed by atoms with van der Waals surface area (Å²) in [5, 5.41) is 14.8. The van der Waals surface area contributed by atoms with Crippen LogP contribution in [0.2, 0.25) is 0 Å². The summed E-state index contributed by atoms with van der Waals surface area (Å²) in [6.45, 7) is 18.4. The highest BCUT2D eigenvalue weighted by molar-refractivity contribution is 5.88. The maximum absolute atomic E-state index is 12.4. The number of ether oxygens (including phenoxy) is 13. The number of azide groups is 1. The van der Waals surface area contributed by atoms with Crippen molar-refractivity contribution in [1.82, 2.24) is 25.1 Å². The Balaban J connectivity index is 1.01. The first-order chi connectivity index (χ1) is 34.4. The monoisotopic (exact) mass is 998 g/mol. The molecule has 1 aliphatic rings. The Kier molecular flexibility index (Phi) is 35.9. The summed E-state index contributed by atoms with van der Waals surface area (Å²) in [5.74, 6) is 2.55. The number of aromatic nitrogens is 4.